The number of benzene rings is 1. The van der Waals surface area contributed by atoms with Crippen molar-refractivity contribution >= 4 is 0 Å². The molecule has 0 aliphatic carbocycles. The van der Waals surface area contributed by atoms with Gasteiger partial charge in [0, 0.05) is 12.6 Å². The van der Waals surface area contributed by atoms with Crippen LogP contribution < -0.4 is 5.73 Å². The number of hydrogen-bond acceptors (Lipinski definition) is 2. The first-order chi connectivity index (χ1) is 7.63. The second-order valence-electron chi connectivity index (χ2n) is 3.97. The van der Waals surface area contributed by atoms with Gasteiger partial charge in [-0.25, -0.2) is 4.39 Å². The molecule has 0 bridgehead atoms. The van der Waals surface area contributed by atoms with Gasteiger partial charge in [0.1, 0.15) is 5.82 Å². The van der Waals surface area contributed by atoms with Gasteiger partial charge in [0.05, 0.1) is 0 Å². The number of halogens is 1. The number of likely N-dealkylation sites (N-methyl/N-ethyl adjacent to an activating group) is 1. The molecule has 16 heavy (non-hydrogen) atoms. The van der Waals surface area contributed by atoms with Gasteiger partial charge in [-0.1, -0.05) is 19.9 Å². The minimum absolute atomic E-state index is 0.184. The van der Waals surface area contributed by atoms with E-state index in [1.54, 1.807) is 6.07 Å². The van der Waals surface area contributed by atoms with Gasteiger partial charge in [-0.15, -0.1) is 0 Å². The largest absolute Gasteiger partial charge is 0.329 e. The Morgan fingerprint density at radius 3 is 2.38 bits per heavy atom. The van der Waals surface area contributed by atoms with E-state index in [9.17, 15) is 4.39 Å². The average Bonchev–Trinajstić information content (AvgIpc) is 2.27. The summed E-state index contributed by atoms with van der Waals surface area (Å²) in [5.74, 6) is -0.184. The predicted octanol–water partition coefficient (Wildman–Crippen LogP) is 2.48. The Kier molecular flexibility index (Phi) is 4.90. The Morgan fingerprint density at radius 2 is 1.94 bits per heavy atom. The third-order valence-electron chi connectivity index (χ3n) is 3.07. The number of nitrogens with zero attached hydrogens (tertiary/aromatic N) is 1. The van der Waals surface area contributed by atoms with Crippen molar-refractivity contribution in [3.05, 3.63) is 35.1 Å². The second-order valence-corrected chi connectivity index (χ2v) is 3.97. The van der Waals surface area contributed by atoms with Crippen molar-refractivity contribution in [2.75, 3.05) is 19.6 Å². The number of nitrogens with two attached hydrogens (primary N) is 1. The quantitative estimate of drug-likeness (QED) is 0.832. The van der Waals surface area contributed by atoms with Gasteiger partial charge in [-0.3, -0.25) is 4.90 Å². The van der Waals surface area contributed by atoms with Crippen molar-refractivity contribution in [2.24, 2.45) is 5.73 Å². The molecule has 2 nitrogen and oxygen atoms in total. The zero-order valence-electron chi connectivity index (χ0n) is 10.3. The van der Waals surface area contributed by atoms with Crippen LogP contribution in [0, 0.1) is 12.7 Å². The van der Waals surface area contributed by atoms with Gasteiger partial charge in [0.15, 0.2) is 0 Å². The van der Waals surface area contributed by atoms with Crippen LogP contribution in [0.3, 0.4) is 0 Å². The van der Waals surface area contributed by atoms with E-state index in [-0.39, 0.29) is 11.9 Å². The summed E-state index contributed by atoms with van der Waals surface area (Å²) in [7, 11) is 0. The first-order valence-corrected chi connectivity index (χ1v) is 5.84. The highest BCUT2D eigenvalue weighted by Gasteiger charge is 2.17. The lowest BCUT2D eigenvalue weighted by Crippen LogP contribution is -2.34. The summed E-state index contributed by atoms with van der Waals surface area (Å²) in [5, 5.41) is 0. The van der Waals surface area contributed by atoms with Gasteiger partial charge >= 0.3 is 0 Å². The van der Waals surface area contributed by atoms with E-state index in [1.165, 1.54) is 6.07 Å². The summed E-state index contributed by atoms with van der Waals surface area (Å²) in [6.45, 7) is 8.64. The summed E-state index contributed by atoms with van der Waals surface area (Å²) in [6.07, 6.45) is 0. The molecule has 1 atom stereocenters. The van der Waals surface area contributed by atoms with Gasteiger partial charge in [0.25, 0.3) is 0 Å². The summed E-state index contributed by atoms with van der Waals surface area (Å²) in [5.41, 5.74) is 7.93. The van der Waals surface area contributed by atoms with Crippen LogP contribution in [-0.2, 0) is 0 Å². The fraction of sp³-hybridized carbons (Fsp3) is 0.538. The molecule has 2 N–H and O–H groups in total. The lowest BCUT2D eigenvalue weighted by molar-refractivity contribution is 0.223. The molecule has 0 heterocycles. The summed E-state index contributed by atoms with van der Waals surface area (Å²) in [6, 6.07) is 5.12. The molecule has 0 radical (unpaired) electrons. The molecule has 0 aromatic heterocycles. The third kappa shape index (κ3) is 2.80. The molecule has 0 saturated carbocycles. The maximum absolute atomic E-state index is 13.0. The molecule has 0 aliphatic rings. The minimum Gasteiger partial charge on any atom is -0.329 e. The first-order valence-electron chi connectivity index (χ1n) is 5.84. The maximum atomic E-state index is 13.0. The second kappa shape index (κ2) is 5.97. The van der Waals surface area contributed by atoms with Crippen LogP contribution >= 0.6 is 0 Å². The van der Waals surface area contributed by atoms with E-state index in [0.717, 1.165) is 24.2 Å². The first kappa shape index (κ1) is 13.1. The van der Waals surface area contributed by atoms with Crippen molar-refractivity contribution < 1.29 is 4.39 Å². The highest BCUT2D eigenvalue weighted by Crippen LogP contribution is 2.23. The van der Waals surface area contributed by atoms with E-state index < -0.39 is 0 Å². The number of hydrogen-bond donors (Lipinski definition) is 1. The van der Waals surface area contributed by atoms with Crippen LogP contribution in [0.1, 0.15) is 31.0 Å². The minimum atomic E-state index is -0.184. The van der Waals surface area contributed by atoms with Gasteiger partial charge in [-0.05, 0) is 43.3 Å². The fourth-order valence-electron chi connectivity index (χ4n) is 2.15. The Labute approximate surface area is 97.3 Å². The molecule has 0 amide bonds. The van der Waals surface area contributed by atoms with Crippen molar-refractivity contribution in [2.45, 2.75) is 26.8 Å². The van der Waals surface area contributed by atoms with Crippen LogP contribution in [0.15, 0.2) is 18.2 Å². The van der Waals surface area contributed by atoms with Gasteiger partial charge in [-0.2, -0.15) is 0 Å². The van der Waals surface area contributed by atoms with E-state index in [1.807, 2.05) is 13.0 Å². The third-order valence-corrected chi connectivity index (χ3v) is 3.07. The smallest absolute Gasteiger partial charge is 0.123 e. The highest BCUT2D eigenvalue weighted by atomic mass is 19.1. The Morgan fingerprint density at radius 1 is 1.31 bits per heavy atom. The van der Waals surface area contributed by atoms with E-state index in [2.05, 4.69) is 18.7 Å². The molecule has 90 valence electrons. The zero-order valence-corrected chi connectivity index (χ0v) is 10.3. The normalized spacial score (nSPS) is 13.1. The van der Waals surface area contributed by atoms with Crippen LogP contribution in [0.4, 0.5) is 4.39 Å². The van der Waals surface area contributed by atoms with E-state index in [0.29, 0.717) is 6.54 Å². The topological polar surface area (TPSA) is 29.3 Å². The average molecular weight is 224 g/mol. The molecule has 3 heteroatoms. The van der Waals surface area contributed by atoms with Crippen LogP contribution in [0.2, 0.25) is 0 Å². The SMILES string of the molecule is CCN(CC)C(CN)c1ccc(F)cc1C. The summed E-state index contributed by atoms with van der Waals surface area (Å²) < 4.78 is 13.0. The zero-order chi connectivity index (χ0) is 12.1. The predicted molar refractivity (Wildman–Crippen MR) is 65.9 cm³/mol. The Balaban J connectivity index is 3.03. The lowest BCUT2D eigenvalue weighted by atomic mass is 10.00. The molecule has 1 rings (SSSR count). The van der Waals surface area contributed by atoms with Crippen LogP contribution in [-0.4, -0.2) is 24.5 Å². The molecular formula is C13H21FN2. The maximum Gasteiger partial charge on any atom is 0.123 e. The lowest BCUT2D eigenvalue weighted by Gasteiger charge is -2.30. The Hall–Kier alpha value is -0.930. The fourth-order valence-corrected chi connectivity index (χ4v) is 2.15. The molecule has 1 unspecified atom stereocenters. The standard InChI is InChI=1S/C13H21FN2/c1-4-16(5-2)13(9-15)12-7-6-11(14)8-10(12)3/h6-8,13H,4-5,9,15H2,1-3H3. The van der Waals surface area contributed by atoms with E-state index >= 15 is 0 Å². The van der Waals surface area contributed by atoms with Crippen molar-refractivity contribution in [1.29, 1.82) is 0 Å². The van der Waals surface area contributed by atoms with Crippen LogP contribution in [0.25, 0.3) is 0 Å². The number of aryl methyl sites for hydroxylation is 1. The van der Waals surface area contributed by atoms with Crippen molar-refractivity contribution in [3.8, 4) is 0 Å². The van der Waals surface area contributed by atoms with Gasteiger partial charge < -0.3 is 5.73 Å². The molecule has 0 saturated heterocycles. The molecule has 0 aliphatic heterocycles. The highest BCUT2D eigenvalue weighted by molar-refractivity contribution is 5.29. The molecule has 1 aromatic carbocycles. The van der Waals surface area contributed by atoms with E-state index in [4.69, 9.17) is 5.73 Å². The van der Waals surface area contributed by atoms with Gasteiger partial charge in [0.2, 0.25) is 0 Å². The van der Waals surface area contributed by atoms with Crippen molar-refractivity contribution in [3.63, 3.8) is 0 Å². The summed E-state index contributed by atoms with van der Waals surface area (Å²) >= 11 is 0. The molecule has 0 fully saturated rings. The summed E-state index contributed by atoms with van der Waals surface area (Å²) in [4.78, 5) is 2.29. The Bertz CT molecular complexity index is 335. The monoisotopic (exact) mass is 224 g/mol. The molecular weight excluding hydrogens is 203 g/mol. The molecule has 0 spiro atoms. The molecule has 1 aromatic rings. The van der Waals surface area contributed by atoms with Crippen LogP contribution in [0.5, 0.6) is 0 Å². The van der Waals surface area contributed by atoms with Crippen molar-refractivity contribution in [1.82, 2.24) is 4.90 Å². The number of rotatable bonds is 5.